The molecule has 1 amide bonds. The molecule has 2 N–H and O–H groups in total. The molecule has 0 radical (unpaired) electrons. The molecule has 1 aromatic heterocycles. The van der Waals surface area contributed by atoms with Crippen molar-refractivity contribution < 1.29 is 4.79 Å². The second kappa shape index (κ2) is 7.54. The van der Waals surface area contributed by atoms with Gasteiger partial charge >= 0.3 is 0 Å². The Bertz CT molecular complexity index is 374. The zero-order valence-electron chi connectivity index (χ0n) is 11.7. The monoisotopic (exact) mass is 268 g/mol. The van der Waals surface area contributed by atoms with E-state index in [-0.39, 0.29) is 11.8 Å². The molecule has 0 aliphatic rings. The first kappa shape index (κ1) is 15.2. The Hall–Kier alpha value is -0.870. The Kier molecular flexibility index (Phi) is 6.36. The zero-order chi connectivity index (χ0) is 13.5. The average Bonchev–Trinajstić information content (AvgIpc) is 2.82. The van der Waals surface area contributed by atoms with Gasteiger partial charge in [-0.15, -0.1) is 11.3 Å². The van der Waals surface area contributed by atoms with Crippen molar-refractivity contribution in [3.8, 4) is 0 Å². The van der Waals surface area contributed by atoms with Gasteiger partial charge in [0.05, 0.1) is 0 Å². The summed E-state index contributed by atoms with van der Waals surface area (Å²) in [5, 5.41) is 6.33. The van der Waals surface area contributed by atoms with Crippen molar-refractivity contribution >= 4 is 17.2 Å². The van der Waals surface area contributed by atoms with Gasteiger partial charge in [-0.25, -0.2) is 0 Å². The summed E-state index contributed by atoms with van der Waals surface area (Å²) in [6, 6.07) is 4.73. The van der Waals surface area contributed by atoms with Crippen molar-refractivity contribution in [1.29, 1.82) is 0 Å². The van der Waals surface area contributed by atoms with Crippen LogP contribution < -0.4 is 10.6 Å². The van der Waals surface area contributed by atoms with Crippen LogP contribution in [0.15, 0.2) is 12.1 Å². The van der Waals surface area contributed by atoms with Crippen LogP contribution in [0.5, 0.6) is 0 Å². The summed E-state index contributed by atoms with van der Waals surface area (Å²) in [5.74, 6) is 0.181. The minimum atomic E-state index is 0.0619. The third-order valence-corrected chi connectivity index (χ3v) is 4.27. The lowest BCUT2D eigenvalue weighted by Gasteiger charge is -2.13. The summed E-state index contributed by atoms with van der Waals surface area (Å²) < 4.78 is 0. The van der Waals surface area contributed by atoms with E-state index in [9.17, 15) is 4.79 Å². The van der Waals surface area contributed by atoms with Gasteiger partial charge in [0.25, 0.3) is 0 Å². The summed E-state index contributed by atoms with van der Waals surface area (Å²) in [4.78, 5) is 14.1. The molecule has 1 rings (SSSR count). The van der Waals surface area contributed by atoms with E-state index in [2.05, 4.69) is 36.6 Å². The number of aryl methyl sites for hydroxylation is 1. The Morgan fingerprint density at radius 2 is 2.00 bits per heavy atom. The predicted molar refractivity (Wildman–Crippen MR) is 78.0 cm³/mol. The van der Waals surface area contributed by atoms with Gasteiger partial charge in [0.1, 0.15) is 0 Å². The van der Waals surface area contributed by atoms with Gasteiger partial charge in [-0.2, -0.15) is 0 Å². The third-order valence-electron chi connectivity index (χ3n) is 2.86. The Balaban J connectivity index is 2.25. The van der Waals surface area contributed by atoms with Gasteiger partial charge in [-0.05, 0) is 25.5 Å². The van der Waals surface area contributed by atoms with Crippen LogP contribution >= 0.6 is 11.3 Å². The lowest BCUT2D eigenvalue weighted by atomic mass is 10.2. The first-order valence-electron chi connectivity index (χ1n) is 6.64. The van der Waals surface area contributed by atoms with E-state index in [4.69, 9.17) is 0 Å². The van der Waals surface area contributed by atoms with Crippen LogP contribution in [-0.4, -0.2) is 19.0 Å². The van der Waals surface area contributed by atoms with Gasteiger partial charge in [-0.1, -0.05) is 20.8 Å². The van der Waals surface area contributed by atoms with Crippen molar-refractivity contribution in [1.82, 2.24) is 10.6 Å². The largest absolute Gasteiger partial charge is 0.355 e. The zero-order valence-corrected chi connectivity index (χ0v) is 12.6. The summed E-state index contributed by atoms with van der Waals surface area (Å²) >= 11 is 1.86. The normalized spacial score (nSPS) is 12.7. The number of carbonyl (C=O) groups excluding carboxylic acids is 1. The molecule has 0 saturated heterocycles. The fraction of sp³-hybridized carbons (Fsp3) is 0.643. The van der Waals surface area contributed by atoms with Crippen LogP contribution in [0.25, 0.3) is 0 Å². The standard InChI is InChI=1S/C14H24N2OS/c1-5-12-6-7-13(18-12)11(4)15-8-9-16-14(17)10(2)3/h6-7,10-11,15H,5,8-9H2,1-4H3,(H,16,17). The van der Waals surface area contributed by atoms with Crippen LogP contribution in [0.3, 0.4) is 0 Å². The minimum absolute atomic E-state index is 0.0619. The van der Waals surface area contributed by atoms with E-state index >= 15 is 0 Å². The number of nitrogens with one attached hydrogen (secondary N) is 2. The Labute approximate surface area is 114 Å². The van der Waals surface area contributed by atoms with Crippen molar-refractivity contribution in [2.24, 2.45) is 5.92 Å². The molecule has 0 aliphatic heterocycles. The van der Waals surface area contributed by atoms with Gasteiger partial charge in [0, 0.05) is 34.8 Å². The first-order chi connectivity index (χ1) is 8.54. The van der Waals surface area contributed by atoms with Crippen LogP contribution in [0.4, 0.5) is 0 Å². The number of carbonyl (C=O) groups is 1. The summed E-state index contributed by atoms with van der Waals surface area (Å²) in [6.45, 7) is 9.64. The van der Waals surface area contributed by atoms with Crippen molar-refractivity contribution in [3.05, 3.63) is 21.9 Å². The number of hydrogen-bond acceptors (Lipinski definition) is 3. The maximum atomic E-state index is 11.4. The molecule has 3 nitrogen and oxygen atoms in total. The van der Waals surface area contributed by atoms with Crippen molar-refractivity contribution in [3.63, 3.8) is 0 Å². The topological polar surface area (TPSA) is 41.1 Å². The lowest BCUT2D eigenvalue weighted by Crippen LogP contribution is -2.34. The van der Waals surface area contributed by atoms with Crippen molar-refractivity contribution in [2.45, 2.75) is 40.2 Å². The predicted octanol–water partition coefficient (Wildman–Crippen LogP) is 2.73. The number of rotatable bonds is 7. The third kappa shape index (κ3) is 4.78. The molecule has 0 bridgehead atoms. The average molecular weight is 268 g/mol. The molecule has 4 heteroatoms. The Morgan fingerprint density at radius 3 is 2.56 bits per heavy atom. The quantitative estimate of drug-likeness (QED) is 0.747. The molecule has 0 aromatic carbocycles. The fourth-order valence-electron chi connectivity index (χ4n) is 1.60. The molecule has 102 valence electrons. The summed E-state index contributed by atoms with van der Waals surface area (Å²) in [7, 11) is 0. The molecule has 1 unspecified atom stereocenters. The number of thiophene rings is 1. The molecule has 0 fully saturated rings. The van der Waals surface area contributed by atoms with Crippen molar-refractivity contribution in [2.75, 3.05) is 13.1 Å². The van der Waals surface area contributed by atoms with E-state index in [0.29, 0.717) is 12.6 Å². The fourth-order valence-corrected chi connectivity index (χ4v) is 2.58. The smallest absolute Gasteiger partial charge is 0.222 e. The van der Waals surface area contributed by atoms with E-state index in [0.717, 1.165) is 13.0 Å². The molecule has 0 aliphatic carbocycles. The maximum absolute atomic E-state index is 11.4. The highest BCUT2D eigenvalue weighted by Crippen LogP contribution is 2.23. The van der Waals surface area contributed by atoms with Gasteiger partial charge in [-0.3, -0.25) is 4.79 Å². The number of amides is 1. The highest BCUT2D eigenvalue weighted by Gasteiger charge is 2.08. The van der Waals surface area contributed by atoms with Crippen LogP contribution in [0.1, 0.15) is 43.5 Å². The molecule has 0 spiro atoms. The highest BCUT2D eigenvalue weighted by molar-refractivity contribution is 7.12. The van der Waals surface area contributed by atoms with E-state index in [1.807, 2.05) is 25.2 Å². The molecule has 18 heavy (non-hydrogen) atoms. The lowest BCUT2D eigenvalue weighted by molar-refractivity contribution is -0.123. The van der Waals surface area contributed by atoms with E-state index in [1.54, 1.807) is 0 Å². The molecule has 1 atom stereocenters. The number of hydrogen-bond donors (Lipinski definition) is 2. The van der Waals surface area contributed by atoms with Crippen LogP contribution in [-0.2, 0) is 11.2 Å². The molecule has 1 heterocycles. The van der Waals surface area contributed by atoms with Crippen LogP contribution in [0.2, 0.25) is 0 Å². The second-order valence-corrected chi connectivity index (χ2v) is 5.98. The van der Waals surface area contributed by atoms with E-state index in [1.165, 1.54) is 9.75 Å². The highest BCUT2D eigenvalue weighted by atomic mass is 32.1. The SMILES string of the molecule is CCc1ccc(C(C)NCCNC(=O)C(C)C)s1. The molecule has 0 saturated carbocycles. The van der Waals surface area contributed by atoms with E-state index < -0.39 is 0 Å². The minimum Gasteiger partial charge on any atom is -0.355 e. The Morgan fingerprint density at radius 1 is 1.28 bits per heavy atom. The van der Waals surface area contributed by atoms with Gasteiger partial charge in [0.2, 0.25) is 5.91 Å². The molecular formula is C14H24N2OS. The summed E-state index contributed by atoms with van der Waals surface area (Å²) in [6.07, 6.45) is 1.10. The first-order valence-corrected chi connectivity index (χ1v) is 7.46. The molecule has 1 aromatic rings. The van der Waals surface area contributed by atoms with Gasteiger partial charge < -0.3 is 10.6 Å². The summed E-state index contributed by atoms with van der Waals surface area (Å²) in [5.41, 5.74) is 0. The van der Waals surface area contributed by atoms with Crippen LogP contribution in [0, 0.1) is 5.92 Å². The molecular weight excluding hydrogens is 244 g/mol. The second-order valence-electron chi connectivity index (χ2n) is 4.78. The van der Waals surface area contributed by atoms with Gasteiger partial charge in [0.15, 0.2) is 0 Å². The maximum Gasteiger partial charge on any atom is 0.222 e.